The third kappa shape index (κ3) is 2.68. The number of aliphatic hydroxyl groups is 4. The van der Waals surface area contributed by atoms with E-state index in [-0.39, 0.29) is 22.3 Å². The SMILES string of the molecule is COc1cccc2c(O)c3c(cc12)C(=O)C1=C(C[C@@](O)(C(O)CO)C[C@@H]1O)C3=O. The van der Waals surface area contributed by atoms with E-state index in [9.17, 15) is 35.1 Å². The van der Waals surface area contributed by atoms with Gasteiger partial charge in [0.1, 0.15) is 17.6 Å². The lowest BCUT2D eigenvalue weighted by molar-refractivity contribution is -0.115. The van der Waals surface area contributed by atoms with E-state index in [2.05, 4.69) is 0 Å². The van der Waals surface area contributed by atoms with Crippen LogP contribution in [0.25, 0.3) is 10.8 Å². The lowest BCUT2D eigenvalue weighted by Crippen LogP contribution is -2.52. The van der Waals surface area contributed by atoms with Gasteiger partial charge in [-0.2, -0.15) is 0 Å². The average molecular weight is 400 g/mol. The molecule has 2 aromatic rings. The van der Waals surface area contributed by atoms with Crippen molar-refractivity contribution in [3.05, 3.63) is 46.5 Å². The molecule has 1 unspecified atom stereocenters. The number of methoxy groups -OCH3 is 1. The maximum atomic E-state index is 13.2. The summed E-state index contributed by atoms with van der Waals surface area (Å²) in [5, 5.41) is 51.9. The molecule has 152 valence electrons. The van der Waals surface area contributed by atoms with Crippen molar-refractivity contribution in [2.75, 3.05) is 13.7 Å². The fourth-order valence-corrected chi connectivity index (χ4v) is 4.29. The molecule has 0 saturated heterocycles. The molecule has 2 aliphatic carbocycles. The number of ether oxygens (including phenoxy) is 1. The summed E-state index contributed by atoms with van der Waals surface area (Å²) in [7, 11) is 1.44. The number of rotatable bonds is 3. The van der Waals surface area contributed by atoms with Crippen molar-refractivity contribution in [2.24, 2.45) is 0 Å². The van der Waals surface area contributed by atoms with Crippen LogP contribution in [0.1, 0.15) is 33.6 Å². The molecule has 5 N–H and O–H groups in total. The summed E-state index contributed by atoms with van der Waals surface area (Å²) in [6, 6.07) is 6.31. The second-order valence-corrected chi connectivity index (χ2v) is 7.45. The van der Waals surface area contributed by atoms with Gasteiger partial charge in [-0.1, -0.05) is 12.1 Å². The van der Waals surface area contributed by atoms with Crippen LogP contribution in [0.15, 0.2) is 35.4 Å². The van der Waals surface area contributed by atoms with E-state index in [0.29, 0.717) is 16.5 Å². The van der Waals surface area contributed by atoms with Crippen molar-refractivity contribution in [1.29, 1.82) is 0 Å². The molecule has 2 aromatic carbocycles. The van der Waals surface area contributed by atoms with E-state index < -0.39 is 54.6 Å². The first kappa shape index (κ1) is 19.5. The van der Waals surface area contributed by atoms with Gasteiger partial charge in [-0.15, -0.1) is 0 Å². The summed E-state index contributed by atoms with van der Waals surface area (Å²) >= 11 is 0. The van der Waals surface area contributed by atoms with Gasteiger partial charge in [0.05, 0.1) is 31.0 Å². The number of hydrogen-bond donors (Lipinski definition) is 5. The zero-order chi connectivity index (χ0) is 21.1. The fourth-order valence-electron chi connectivity index (χ4n) is 4.29. The summed E-state index contributed by atoms with van der Waals surface area (Å²) in [5.74, 6) is -1.33. The van der Waals surface area contributed by atoms with Crippen LogP contribution in [0.3, 0.4) is 0 Å². The topological polar surface area (TPSA) is 145 Å². The average Bonchev–Trinajstić information content (AvgIpc) is 2.70. The highest BCUT2D eigenvalue weighted by atomic mass is 16.5. The first-order chi connectivity index (χ1) is 13.7. The first-order valence-corrected chi connectivity index (χ1v) is 9.08. The van der Waals surface area contributed by atoms with Crippen molar-refractivity contribution >= 4 is 22.3 Å². The normalized spacial score (nSPS) is 25.1. The Morgan fingerprint density at radius 3 is 2.62 bits per heavy atom. The molecule has 29 heavy (non-hydrogen) atoms. The Kier molecular flexibility index (Phi) is 4.47. The van der Waals surface area contributed by atoms with Crippen LogP contribution in [-0.2, 0) is 0 Å². The highest BCUT2D eigenvalue weighted by Gasteiger charge is 2.49. The van der Waals surface area contributed by atoms with Crippen LogP contribution in [0.4, 0.5) is 0 Å². The third-order valence-electron chi connectivity index (χ3n) is 5.81. The number of ketones is 2. The second-order valence-electron chi connectivity index (χ2n) is 7.45. The van der Waals surface area contributed by atoms with Crippen molar-refractivity contribution in [3.8, 4) is 11.5 Å². The molecule has 0 saturated carbocycles. The maximum Gasteiger partial charge on any atom is 0.194 e. The maximum absolute atomic E-state index is 13.2. The molecule has 0 heterocycles. The van der Waals surface area contributed by atoms with E-state index in [1.54, 1.807) is 18.2 Å². The van der Waals surface area contributed by atoms with Crippen molar-refractivity contribution in [1.82, 2.24) is 0 Å². The summed E-state index contributed by atoms with van der Waals surface area (Å²) in [6.07, 6.45) is -3.96. The Morgan fingerprint density at radius 1 is 1.24 bits per heavy atom. The van der Waals surface area contributed by atoms with Gasteiger partial charge in [-0.25, -0.2) is 0 Å². The molecular weight excluding hydrogens is 380 g/mol. The van der Waals surface area contributed by atoms with Gasteiger partial charge in [-0.3, -0.25) is 9.59 Å². The molecular formula is C21H20O8. The van der Waals surface area contributed by atoms with Gasteiger partial charge in [0, 0.05) is 40.3 Å². The number of Topliss-reactive ketones (excluding diaryl/α,β-unsaturated/α-hetero) is 2. The number of phenols is 1. The summed E-state index contributed by atoms with van der Waals surface area (Å²) in [5.41, 5.74) is -2.59. The van der Waals surface area contributed by atoms with Crippen LogP contribution < -0.4 is 4.74 Å². The first-order valence-electron chi connectivity index (χ1n) is 9.08. The quantitative estimate of drug-likeness (QED) is 0.500. The zero-order valence-electron chi connectivity index (χ0n) is 15.5. The number of benzene rings is 2. The lowest BCUT2D eigenvalue weighted by atomic mass is 9.69. The minimum absolute atomic E-state index is 0.0598. The highest BCUT2D eigenvalue weighted by Crippen LogP contribution is 2.45. The molecule has 0 bridgehead atoms. The summed E-state index contributed by atoms with van der Waals surface area (Å²) in [6.45, 7) is -0.778. The van der Waals surface area contributed by atoms with Crippen LogP contribution in [0, 0.1) is 0 Å². The Balaban J connectivity index is 1.94. The number of phenolic OH excluding ortho intramolecular Hbond substituents is 1. The van der Waals surface area contributed by atoms with E-state index in [0.717, 1.165) is 0 Å². The van der Waals surface area contributed by atoms with Crippen LogP contribution in [0.2, 0.25) is 0 Å². The van der Waals surface area contributed by atoms with Crippen molar-refractivity contribution < 1.29 is 39.9 Å². The predicted octanol–water partition coefficient (Wildman–Crippen LogP) is 0.469. The Labute approximate surface area is 165 Å². The summed E-state index contributed by atoms with van der Waals surface area (Å²) < 4.78 is 5.28. The van der Waals surface area contributed by atoms with Crippen LogP contribution >= 0.6 is 0 Å². The van der Waals surface area contributed by atoms with Gasteiger partial charge in [-0.05, 0) is 12.1 Å². The molecule has 0 aliphatic heterocycles. The number of hydrogen-bond acceptors (Lipinski definition) is 8. The number of fused-ring (bicyclic) bond motifs is 2. The Morgan fingerprint density at radius 2 is 1.97 bits per heavy atom. The van der Waals surface area contributed by atoms with Gasteiger partial charge < -0.3 is 30.3 Å². The largest absolute Gasteiger partial charge is 0.506 e. The molecule has 0 amide bonds. The second kappa shape index (κ2) is 6.64. The minimum atomic E-state index is -1.98. The highest BCUT2D eigenvalue weighted by molar-refractivity contribution is 6.30. The van der Waals surface area contributed by atoms with Crippen LogP contribution in [-0.4, -0.2) is 68.6 Å². The number of carbonyl (C=O) groups is 2. The molecule has 3 atom stereocenters. The van der Waals surface area contributed by atoms with Gasteiger partial charge in [0.25, 0.3) is 0 Å². The smallest absolute Gasteiger partial charge is 0.194 e. The predicted molar refractivity (Wildman–Crippen MR) is 101 cm³/mol. The molecule has 0 radical (unpaired) electrons. The summed E-state index contributed by atoms with van der Waals surface area (Å²) in [4.78, 5) is 26.3. The van der Waals surface area contributed by atoms with E-state index >= 15 is 0 Å². The minimum Gasteiger partial charge on any atom is -0.506 e. The number of carbonyl (C=O) groups excluding carboxylic acids is 2. The van der Waals surface area contributed by atoms with E-state index in [1.165, 1.54) is 13.2 Å². The van der Waals surface area contributed by atoms with E-state index in [4.69, 9.17) is 4.74 Å². The monoisotopic (exact) mass is 400 g/mol. The zero-order valence-corrected chi connectivity index (χ0v) is 15.5. The van der Waals surface area contributed by atoms with Crippen molar-refractivity contribution in [3.63, 3.8) is 0 Å². The molecule has 0 spiro atoms. The Hall–Kier alpha value is -2.78. The third-order valence-corrected chi connectivity index (χ3v) is 5.81. The fraction of sp³-hybridized carbons (Fsp3) is 0.333. The van der Waals surface area contributed by atoms with E-state index in [1.807, 2.05) is 0 Å². The van der Waals surface area contributed by atoms with Crippen molar-refractivity contribution in [2.45, 2.75) is 30.7 Å². The molecule has 4 rings (SSSR count). The molecule has 8 heteroatoms. The number of aromatic hydroxyl groups is 1. The molecule has 0 fully saturated rings. The standard InChI is InChI=1S/C21H20O8/c1-29-14-4-2-3-9-10(14)5-11-17(18(9)25)20(27)12-6-21(28,15(24)8-22)7-13(23)16(12)19(11)26/h2-5,13,15,22-25,28H,6-8H2,1H3/t13-,15?,21-/m0/s1. The lowest BCUT2D eigenvalue weighted by Gasteiger charge is -2.40. The van der Waals surface area contributed by atoms with Gasteiger partial charge in [0.15, 0.2) is 11.6 Å². The molecule has 8 nitrogen and oxygen atoms in total. The molecule has 0 aromatic heterocycles. The molecule has 2 aliphatic rings. The van der Waals surface area contributed by atoms with Gasteiger partial charge in [0.2, 0.25) is 0 Å². The van der Waals surface area contributed by atoms with Gasteiger partial charge >= 0.3 is 0 Å². The van der Waals surface area contributed by atoms with Crippen LogP contribution in [0.5, 0.6) is 11.5 Å². The number of aliphatic hydroxyl groups excluding tert-OH is 3. The Bertz CT molecular complexity index is 1090.